The first-order valence-corrected chi connectivity index (χ1v) is 8.84. The number of benzene rings is 1. The molecular formula is C19H28N2O2. The zero-order valence-corrected chi connectivity index (χ0v) is 14.5. The molecule has 2 aliphatic heterocycles. The Hall–Kier alpha value is -1.55. The van der Waals surface area contributed by atoms with E-state index in [-0.39, 0.29) is 17.9 Å². The van der Waals surface area contributed by atoms with E-state index < -0.39 is 0 Å². The smallest absolute Gasteiger partial charge is 0.230 e. The molecule has 2 atom stereocenters. The van der Waals surface area contributed by atoms with Crippen LogP contribution in [-0.4, -0.2) is 31.7 Å². The number of nitrogens with zero attached hydrogens (tertiary/aromatic N) is 1. The van der Waals surface area contributed by atoms with Crippen LogP contribution in [0.4, 0.5) is 11.4 Å². The maximum Gasteiger partial charge on any atom is 0.230 e. The van der Waals surface area contributed by atoms with Gasteiger partial charge in [0.05, 0.1) is 12.0 Å². The van der Waals surface area contributed by atoms with Crippen molar-refractivity contribution < 1.29 is 9.53 Å². The van der Waals surface area contributed by atoms with Crippen molar-refractivity contribution in [1.82, 2.24) is 0 Å². The van der Waals surface area contributed by atoms with Gasteiger partial charge in [-0.15, -0.1) is 0 Å². The molecule has 23 heavy (non-hydrogen) atoms. The van der Waals surface area contributed by atoms with Crippen molar-refractivity contribution in [3.8, 4) is 0 Å². The molecule has 4 nitrogen and oxygen atoms in total. The Labute approximate surface area is 139 Å². The minimum absolute atomic E-state index is 0.0346. The molecule has 1 amide bonds. The van der Waals surface area contributed by atoms with E-state index in [4.69, 9.17) is 4.74 Å². The second kappa shape index (κ2) is 6.91. The summed E-state index contributed by atoms with van der Waals surface area (Å²) in [6.45, 7) is 9.27. The number of nitrogens with one attached hydrogen (secondary N) is 1. The quantitative estimate of drug-likeness (QED) is 0.923. The highest BCUT2D eigenvalue weighted by atomic mass is 16.5. The van der Waals surface area contributed by atoms with Crippen molar-refractivity contribution in [1.29, 1.82) is 0 Å². The highest BCUT2D eigenvalue weighted by Crippen LogP contribution is 2.30. The normalized spacial score (nSPS) is 24.4. The van der Waals surface area contributed by atoms with E-state index in [1.165, 1.54) is 18.5 Å². The van der Waals surface area contributed by atoms with E-state index in [0.29, 0.717) is 12.5 Å². The first-order chi connectivity index (χ1) is 11.1. The number of ether oxygens (including phenoxy) is 1. The van der Waals surface area contributed by atoms with Crippen molar-refractivity contribution in [2.45, 2.75) is 46.1 Å². The fourth-order valence-corrected chi connectivity index (χ4v) is 3.73. The third-order valence-electron chi connectivity index (χ3n) is 5.07. The molecule has 0 bridgehead atoms. The summed E-state index contributed by atoms with van der Waals surface area (Å²) in [6.07, 6.45) is 3.41. The monoisotopic (exact) mass is 316 g/mol. The molecule has 0 saturated carbocycles. The van der Waals surface area contributed by atoms with Crippen molar-refractivity contribution >= 4 is 17.3 Å². The number of amides is 1. The number of rotatable bonds is 4. The summed E-state index contributed by atoms with van der Waals surface area (Å²) >= 11 is 0. The first kappa shape index (κ1) is 16.3. The Balaban J connectivity index is 1.68. The molecule has 1 aromatic rings. The molecule has 0 aliphatic carbocycles. The molecule has 1 N–H and O–H groups in total. The van der Waals surface area contributed by atoms with Crippen molar-refractivity contribution in [2.24, 2.45) is 11.8 Å². The molecule has 2 fully saturated rings. The van der Waals surface area contributed by atoms with Gasteiger partial charge in [0.2, 0.25) is 5.91 Å². The van der Waals surface area contributed by atoms with Crippen molar-refractivity contribution in [3.63, 3.8) is 0 Å². The van der Waals surface area contributed by atoms with Crippen LogP contribution >= 0.6 is 0 Å². The van der Waals surface area contributed by atoms with Crippen LogP contribution in [-0.2, 0) is 9.53 Å². The van der Waals surface area contributed by atoms with Gasteiger partial charge < -0.3 is 15.0 Å². The van der Waals surface area contributed by atoms with Gasteiger partial charge in [-0.25, -0.2) is 0 Å². The number of carbonyl (C=O) groups excluding carboxylic acids is 1. The summed E-state index contributed by atoms with van der Waals surface area (Å²) in [5, 5.41) is 3.12. The van der Waals surface area contributed by atoms with E-state index in [1.54, 1.807) is 0 Å². The fourth-order valence-electron chi connectivity index (χ4n) is 3.73. The SMILES string of the molecule is Cc1cc(N2CCCC2)ccc1NC(=O)[C@@H]1CCO[C@@H]1C(C)C. The Morgan fingerprint density at radius 3 is 2.70 bits per heavy atom. The standard InChI is InChI=1S/C19H28N2O2/c1-13(2)18-16(8-11-23-18)19(22)20-17-7-6-15(12-14(17)3)21-9-4-5-10-21/h6-7,12-13,16,18H,4-5,8-11H2,1-3H3,(H,20,22)/t16-,18-/m1/s1. The van der Waals surface area contributed by atoms with Gasteiger partial charge in [0.25, 0.3) is 0 Å². The largest absolute Gasteiger partial charge is 0.377 e. The van der Waals surface area contributed by atoms with Gasteiger partial charge in [0, 0.05) is 31.1 Å². The van der Waals surface area contributed by atoms with Crippen LogP contribution in [0, 0.1) is 18.8 Å². The van der Waals surface area contributed by atoms with Gasteiger partial charge >= 0.3 is 0 Å². The summed E-state index contributed by atoms with van der Waals surface area (Å²) in [6, 6.07) is 6.35. The lowest BCUT2D eigenvalue weighted by Crippen LogP contribution is -2.33. The van der Waals surface area contributed by atoms with Crippen LogP contribution in [0.2, 0.25) is 0 Å². The highest BCUT2D eigenvalue weighted by Gasteiger charge is 2.36. The number of anilines is 2. The molecule has 0 unspecified atom stereocenters. The molecule has 2 saturated heterocycles. The average Bonchev–Trinajstić information content (AvgIpc) is 3.20. The first-order valence-electron chi connectivity index (χ1n) is 8.84. The number of hydrogen-bond acceptors (Lipinski definition) is 3. The van der Waals surface area contributed by atoms with Gasteiger partial charge in [0.1, 0.15) is 0 Å². The second-order valence-corrected chi connectivity index (χ2v) is 7.16. The minimum Gasteiger partial charge on any atom is -0.377 e. The van der Waals surface area contributed by atoms with E-state index in [9.17, 15) is 4.79 Å². The number of aryl methyl sites for hydroxylation is 1. The lowest BCUT2D eigenvalue weighted by Gasteiger charge is -2.22. The number of hydrogen-bond donors (Lipinski definition) is 1. The third-order valence-corrected chi connectivity index (χ3v) is 5.07. The predicted molar refractivity (Wildman–Crippen MR) is 93.9 cm³/mol. The molecular weight excluding hydrogens is 288 g/mol. The minimum atomic E-state index is -0.0346. The summed E-state index contributed by atoms with van der Waals surface area (Å²) in [5.74, 6) is 0.428. The lowest BCUT2D eigenvalue weighted by atomic mass is 9.92. The van der Waals surface area contributed by atoms with Crippen LogP contribution in [0.5, 0.6) is 0 Å². The third kappa shape index (κ3) is 3.52. The Bertz CT molecular complexity index is 564. The van der Waals surface area contributed by atoms with E-state index in [2.05, 4.69) is 43.1 Å². The maximum absolute atomic E-state index is 12.6. The summed E-state index contributed by atoms with van der Waals surface area (Å²) in [5.41, 5.74) is 3.32. The molecule has 0 aromatic heterocycles. The second-order valence-electron chi connectivity index (χ2n) is 7.16. The van der Waals surface area contributed by atoms with E-state index in [1.807, 2.05) is 6.07 Å². The lowest BCUT2D eigenvalue weighted by molar-refractivity contribution is -0.122. The van der Waals surface area contributed by atoms with Crippen molar-refractivity contribution in [2.75, 3.05) is 29.9 Å². The van der Waals surface area contributed by atoms with Crippen LogP contribution in [0.1, 0.15) is 38.7 Å². The van der Waals surface area contributed by atoms with Gasteiger partial charge in [-0.05, 0) is 55.9 Å². The Morgan fingerprint density at radius 1 is 1.30 bits per heavy atom. The van der Waals surface area contributed by atoms with Gasteiger partial charge in [-0.2, -0.15) is 0 Å². The zero-order valence-electron chi connectivity index (χ0n) is 14.5. The topological polar surface area (TPSA) is 41.6 Å². The van der Waals surface area contributed by atoms with Crippen LogP contribution in [0.15, 0.2) is 18.2 Å². The number of carbonyl (C=O) groups is 1. The van der Waals surface area contributed by atoms with Crippen LogP contribution < -0.4 is 10.2 Å². The van der Waals surface area contributed by atoms with E-state index in [0.717, 1.165) is 30.8 Å². The molecule has 4 heteroatoms. The average molecular weight is 316 g/mol. The summed E-state index contributed by atoms with van der Waals surface area (Å²) in [7, 11) is 0. The molecule has 2 heterocycles. The highest BCUT2D eigenvalue weighted by molar-refractivity contribution is 5.94. The molecule has 126 valence electrons. The fraction of sp³-hybridized carbons (Fsp3) is 0.632. The molecule has 0 radical (unpaired) electrons. The van der Waals surface area contributed by atoms with Gasteiger partial charge in [-0.3, -0.25) is 4.79 Å². The Morgan fingerprint density at radius 2 is 2.04 bits per heavy atom. The molecule has 1 aromatic carbocycles. The van der Waals surface area contributed by atoms with Crippen molar-refractivity contribution in [3.05, 3.63) is 23.8 Å². The summed E-state index contributed by atoms with van der Waals surface area (Å²) in [4.78, 5) is 15.0. The summed E-state index contributed by atoms with van der Waals surface area (Å²) < 4.78 is 5.74. The van der Waals surface area contributed by atoms with Gasteiger partial charge in [0.15, 0.2) is 0 Å². The molecule has 2 aliphatic rings. The van der Waals surface area contributed by atoms with Crippen LogP contribution in [0.3, 0.4) is 0 Å². The van der Waals surface area contributed by atoms with Gasteiger partial charge in [-0.1, -0.05) is 13.8 Å². The van der Waals surface area contributed by atoms with E-state index >= 15 is 0 Å². The molecule has 3 rings (SSSR count). The molecule has 0 spiro atoms. The Kier molecular flexibility index (Phi) is 4.90. The van der Waals surface area contributed by atoms with Crippen LogP contribution in [0.25, 0.3) is 0 Å². The predicted octanol–water partition coefficient (Wildman–Crippen LogP) is 3.59. The zero-order chi connectivity index (χ0) is 16.4. The maximum atomic E-state index is 12.6.